The van der Waals surface area contributed by atoms with Gasteiger partial charge in [0.25, 0.3) is 0 Å². The summed E-state index contributed by atoms with van der Waals surface area (Å²) in [5.74, 6) is 2.15. The summed E-state index contributed by atoms with van der Waals surface area (Å²) >= 11 is 1.73. The molecule has 5 rings (SSSR count). The lowest BCUT2D eigenvalue weighted by atomic mass is 10.1. The molecule has 0 amide bonds. The van der Waals surface area contributed by atoms with Gasteiger partial charge >= 0.3 is 0 Å². The van der Waals surface area contributed by atoms with Gasteiger partial charge in [0.2, 0.25) is 10.0 Å². The highest BCUT2D eigenvalue weighted by molar-refractivity contribution is 7.92. The molecule has 9 heteroatoms. The Morgan fingerprint density at radius 1 is 0.841 bits per heavy atom. The minimum absolute atomic E-state index is 0.524. The average Bonchev–Trinajstić information content (AvgIpc) is 3.52. The number of rotatable bonds is 13. The SMILES string of the molecule is Cc1c(NS(C)(=O)=O)cccc1N(Cc1ccc(Oc2cccc(OCCc3cccs3)c2)cc1)Cc1cccc(C#N)c1. The van der Waals surface area contributed by atoms with E-state index in [1.807, 2.05) is 91.9 Å². The van der Waals surface area contributed by atoms with Crippen molar-refractivity contribution in [1.82, 2.24) is 0 Å². The third-order valence-electron chi connectivity index (χ3n) is 6.91. The van der Waals surface area contributed by atoms with Crippen LogP contribution in [0.1, 0.15) is 27.1 Å². The molecule has 0 aliphatic heterocycles. The van der Waals surface area contributed by atoms with Crippen molar-refractivity contribution in [2.24, 2.45) is 0 Å². The second-order valence-electron chi connectivity index (χ2n) is 10.4. The lowest BCUT2D eigenvalue weighted by Gasteiger charge is -2.28. The highest BCUT2D eigenvalue weighted by atomic mass is 32.2. The van der Waals surface area contributed by atoms with Crippen LogP contribution in [0, 0.1) is 18.3 Å². The number of sulfonamides is 1. The fraction of sp³-hybridized carbons (Fsp3) is 0.171. The van der Waals surface area contributed by atoms with Crippen molar-refractivity contribution in [1.29, 1.82) is 5.26 Å². The minimum atomic E-state index is -3.44. The van der Waals surface area contributed by atoms with Gasteiger partial charge < -0.3 is 14.4 Å². The Bertz CT molecular complexity index is 1850. The van der Waals surface area contributed by atoms with Gasteiger partial charge in [-0.3, -0.25) is 4.72 Å². The van der Waals surface area contributed by atoms with Gasteiger partial charge in [-0.05, 0) is 83.6 Å². The van der Waals surface area contributed by atoms with E-state index in [4.69, 9.17) is 9.47 Å². The molecule has 0 aliphatic carbocycles. The molecule has 0 atom stereocenters. The third-order valence-corrected chi connectivity index (χ3v) is 8.43. The molecule has 0 fully saturated rings. The molecule has 1 heterocycles. The van der Waals surface area contributed by atoms with Crippen LogP contribution in [0.2, 0.25) is 0 Å². The van der Waals surface area contributed by atoms with E-state index in [1.165, 1.54) is 4.88 Å². The van der Waals surface area contributed by atoms with E-state index in [-0.39, 0.29) is 0 Å². The van der Waals surface area contributed by atoms with Crippen LogP contribution >= 0.6 is 11.3 Å². The molecular weight excluding hydrogens is 591 g/mol. The molecule has 0 saturated heterocycles. The van der Waals surface area contributed by atoms with Gasteiger partial charge in [0.05, 0.1) is 30.2 Å². The molecule has 44 heavy (non-hydrogen) atoms. The normalized spacial score (nSPS) is 11.0. The Morgan fingerprint density at radius 2 is 1.59 bits per heavy atom. The molecule has 0 spiro atoms. The number of thiophene rings is 1. The summed E-state index contributed by atoms with van der Waals surface area (Å²) in [7, 11) is -3.44. The molecule has 4 aromatic carbocycles. The second kappa shape index (κ2) is 14.1. The van der Waals surface area contributed by atoms with E-state index in [1.54, 1.807) is 23.5 Å². The van der Waals surface area contributed by atoms with E-state index in [0.717, 1.165) is 40.8 Å². The van der Waals surface area contributed by atoms with Crippen molar-refractivity contribution >= 4 is 32.7 Å². The predicted molar refractivity (Wildman–Crippen MR) is 177 cm³/mol. The zero-order chi connectivity index (χ0) is 30.9. The first-order chi connectivity index (χ1) is 21.3. The maximum atomic E-state index is 12.0. The number of nitrogens with zero attached hydrogens (tertiary/aromatic N) is 2. The fourth-order valence-corrected chi connectivity index (χ4v) is 6.14. The van der Waals surface area contributed by atoms with Crippen LogP contribution in [-0.2, 0) is 29.5 Å². The summed E-state index contributed by atoms with van der Waals surface area (Å²) in [6.45, 7) is 3.57. The molecule has 0 unspecified atom stereocenters. The maximum absolute atomic E-state index is 12.0. The molecule has 224 valence electrons. The standard InChI is InChI=1S/C35H33N3O4S2/c1-26-34(37-44(2,39)40)12-5-13-35(26)38(25-29-8-3-7-28(21-29)23-36)24-27-14-16-30(17-15-27)42-32-10-4-9-31(22-32)41-19-18-33-11-6-20-43-33/h3-17,20-22,37H,18-19,24-25H2,1-2H3. The zero-order valence-corrected chi connectivity index (χ0v) is 26.2. The van der Waals surface area contributed by atoms with Crippen molar-refractivity contribution in [3.05, 3.63) is 136 Å². The lowest BCUT2D eigenvalue weighted by Crippen LogP contribution is -2.23. The van der Waals surface area contributed by atoms with Gasteiger partial charge in [0.15, 0.2) is 0 Å². The van der Waals surface area contributed by atoms with Crippen LogP contribution in [-0.4, -0.2) is 21.3 Å². The molecule has 1 N–H and O–H groups in total. The van der Waals surface area contributed by atoms with Crippen molar-refractivity contribution in [3.8, 4) is 23.3 Å². The van der Waals surface area contributed by atoms with Crippen LogP contribution in [0.3, 0.4) is 0 Å². The quantitative estimate of drug-likeness (QED) is 0.143. The van der Waals surface area contributed by atoms with Gasteiger partial charge in [-0.15, -0.1) is 11.3 Å². The second-order valence-corrected chi connectivity index (χ2v) is 13.2. The van der Waals surface area contributed by atoms with Crippen LogP contribution in [0.5, 0.6) is 17.2 Å². The Balaban J connectivity index is 1.31. The summed E-state index contributed by atoms with van der Waals surface area (Å²) in [5, 5.41) is 11.5. The highest BCUT2D eigenvalue weighted by Gasteiger charge is 2.16. The predicted octanol–water partition coefficient (Wildman–Crippen LogP) is 7.92. The summed E-state index contributed by atoms with van der Waals surface area (Å²) in [5.41, 5.74) is 4.83. The van der Waals surface area contributed by atoms with Gasteiger partial charge in [-0.2, -0.15) is 5.26 Å². The topological polar surface area (TPSA) is 91.7 Å². The molecule has 1 aromatic heterocycles. The van der Waals surface area contributed by atoms with Crippen molar-refractivity contribution < 1.29 is 17.9 Å². The van der Waals surface area contributed by atoms with Crippen LogP contribution in [0.25, 0.3) is 0 Å². The Kier molecular flexibility index (Phi) is 9.85. The minimum Gasteiger partial charge on any atom is -0.493 e. The van der Waals surface area contributed by atoms with E-state index in [2.05, 4.69) is 27.1 Å². The number of hydrogen-bond donors (Lipinski definition) is 1. The number of ether oxygens (including phenoxy) is 2. The first-order valence-electron chi connectivity index (χ1n) is 14.1. The first kappa shape index (κ1) is 30.7. The number of nitriles is 1. The van der Waals surface area contributed by atoms with Gasteiger partial charge in [0, 0.05) is 36.1 Å². The van der Waals surface area contributed by atoms with Gasteiger partial charge in [0.1, 0.15) is 17.2 Å². The largest absolute Gasteiger partial charge is 0.493 e. The molecule has 0 bridgehead atoms. The van der Waals surface area contributed by atoms with E-state index < -0.39 is 10.0 Å². The Hall–Kier alpha value is -4.78. The van der Waals surface area contributed by atoms with Crippen LogP contribution < -0.4 is 19.1 Å². The monoisotopic (exact) mass is 623 g/mol. The fourth-order valence-electron chi connectivity index (χ4n) is 4.83. The highest BCUT2D eigenvalue weighted by Crippen LogP contribution is 2.31. The van der Waals surface area contributed by atoms with E-state index >= 15 is 0 Å². The molecule has 0 aliphatic rings. The van der Waals surface area contributed by atoms with Crippen molar-refractivity contribution in [2.75, 3.05) is 22.5 Å². The number of hydrogen-bond acceptors (Lipinski definition) is 7. The zero-order valence-electron chi connectivity index (χ0n) is 24.6. The average molecular weight is 624 g/mol. The number of benzene rings is 4. The lowest BCUT2D eigenvalue weighted by molar-refractivity contribution is 0.321. The third kappa shape index (κ3) is 8.63. The molecule has 0 radical (unpaired) electrons. The molecule has 5 aromatic rings. The Labute approximate surface area is 263 Å². The summed E-state index contributed by atoms with van der Waals surface area (Å²) in [6, 6.07) is 35.0. The van der Waals surface area contributed by atoms with Crippen molar-refractivity contribution in [2.45, 2.75) is 26.4 Å². The maximum Gasteiger partial charge on any atom is 0.229 e. The van der Waals surface area contributed by atoms with Crippen LogP contribution in [0.15, 0.2) is 109 Å². The van der Waals surface area contributed by atoms with Gasteiger partial charge in [-0.25, -0.2) is 8.42 Å². The number of nitrogens with one attached hydrogen (secondary N) is 1. The van der Waals surface area contributed by atoms with Crippen LogP contribution in [0.4, 0.5) is 11.4 Å². The first-order valence-corrected chi connectivity index (χ1v) is 16.9. The molecule has 7 nitrogen and oxygen atoms in total. The van der Waals surface area contributed by atoms with Crippen molar-refractivity contribution in [3.63, 3.8) is 0 Å². The smallest absolute Gasteiger partial charge is 0.229 e. The summed E-state index contributed by atoms with van der Waals surface area (Å²) < 4.78 is 38.7. The summed E-state index contributed by atoms with van der Waals surface area (Å²) in [6.07, 6.45) is 2.01. The van der Waals surface area contributed by atoms with E-state index in [9.17, 15) is 13.7 Å². The van der Waals surface area contributed by atoms with E-state index in [0.29, 0.717) is 42.4 Å². The Morgan fingerprint density at radius 3 is 2.34 bits per heavy atom. The summed E-state index contributed by atoms with van der Waals surface area (Å²) in [4.78, 5) is 3.46. The molecule has 0 saturated carbocycles. The molecular formula is C35H33N3O4S2. The number of anilines is 2. The van der Waals surface area contributed by atoms with Gasteiger partial charge in [-0.1, -0.05) is 42.5 Å².